The van der Waals surface area contributed by atoms with Crippen molar-refractivity contribution < 1.29 is 19.4 Å². The minimum atomic E-state index is -1.39. The SMILES string of the molecule is COc1ccccc1N1CCN(C(=O)[C@H](O)c2ccccc2Cl)CC1=O. The summed E-state index contributed by atoms with van der Waals surface area (Å²) in [6.07, 6.45) is -1.39. The van der Waals surface area contributed by atoms with E-state index in [2.05, 4.69) is 0 Å². The summed E-state index contributed by atoms with van der Waals surface area (Å²) in [5.41, 5.74) is 0.998. The number of anilines is 1. The lowest BCUT2D eigenvalue weighted by atomic mass is 10.1. The van der Waals surface area contributed by atoms with E-state index < -0.39 is 12.0 Å². The fraction of sp³-hybridized carbons (Fsp3) is 0.263. The van der Waals surface area contributed by atoms with E-state index in [1.54, 1.807) is 48.4 Å². The fourth-order valence-electron chi connectivity index (χ4n) is 2.97. The van der Waals surface area contributed by atoms with Crippen LogP contribution in [-0.4, -0.2) is 48.6 Å². The Hall–Kier alpha value is -2.57. The minimum Gasteiger partial charge on any atom is -0.495 e. The topological polar surface area (TPSA) is 70.1 Å². The van der Waals surface area contributed by atoms with Gasteiger partial charge in [-0.2, -0.15) is 0 Å². The van der Waals surface area contributed by atoms with Crippen molar-refractivity contribution in [2.24, 2.45) is 0 Å². The highest BCUT2D eigenvalue weighted by molar-refractivity contribution is 6.31. The first-order valence-electron chi connectivity index (χ1n) is 8.17. The van der Waals surface area contributed by atoms with Crippen molar-refractivity contribution in [1.29, 1.82) is 0 Å². The number of aliphatic hydroxyl groups excluding tert-OH is 1. The number of para-hydroxylation sites is 2. The van der Waals surface area contributed by atoms with Crippen molar-refractivity contribution in [3.8, 4) is 5.75 Å². The summed E-state index contributed by atoms with van der Waals surface area (Å²) in [6, 6.07) is 13.8. The molecule has 26 heavy (non-hydrogen) atoms. The Bertz CT molecular complexity index is 827. The second kappa shape index (κ2) is 7.76. The van der Waals surface area contributed by atoms with Crippen LogP contribution < -0.4 is 9.64 Å². The third-order valence-electron chi connectivity index (χ3n) is 4.34. The molecule has 1 N–H and O–H groups in total. The van der Waals surface area contributed by atoms with Gasteiger partial charge in [0.25, 0.3) is 5.91 Å². The van der Waals surface area contributed by atoms with Gasteiger partial charge in [-0.25, -0.2) is 0 Å². The Morgan fingerprint density at radius 3 is 2.54 bits per heavy atom. The molecule has 0 aliphatic carbocycles. The molecule has 2 aromatic carbocycles. The number of amides is 2. The average molecular weight is 375 g/mol. The van der Waals surface area contributed by atoms with E-state index in [1.807, 2.05) is 12.1 Å². The Balaban J connectivity index is 1.73. The van der Waals surface area contributed by atoms with Gasteiger partial charge in [-0.1, -0.05) is 41.9 Å². The van der Waals surface area contributed by atoms with Crippen LogP contribution in [0.3, 0.4) is 0 Å². The predicted octanol–water partition coefficient (Wildman–Crippen LogP) is 2.26. The highest BCUT2D eigenvalue weighted by Gasteiger charge is 2.33. The van der Waals surface area contributed by atoms with Crippen LogP contribution >= 0.6 is 11.6 Å². The zero-order valence-electron chi connectivity index (χ0n) is 14.3. The Kier molecular flexibility index (Phi) is 5.44. The second-order valence-corrected chi connectivity index (χ2v) is 6.31. The quantitative estimate of drug-likeness (QED) is 0.891. The van der Waals surface area contributed by atoms with Gasteiger partial charge < -0.3 is 19.6 Å². The number of rotatable bonds is 4. The van der Waals surface area contributed by atoms with Gasteiger partial charge >= 0.3 is 0 Å². The molecule has 2 amide bonds. The first-order valence-corrected chi connectivity index (χ1v) is 8.55. The number of hydrogen-bond donors (Lipinski definition) is 1. The van der Waals surface area contributed by atoms with E-state index >= 15 is 0 Å². The number of benzene rings is 2. The van der Waals surface area contributed by atoms with Crippen molar-refractivity contribution in [2.45, 2.75) is 6.10 Å². The number of carbonyl (C=O) groups is 2. The average Bonchev–Trinajstić information content (AvgIpc) is 2.67. The number of nitrogens with zero attached hydrogens (tertiary/aromatic N) is 2. The molecule has 2 aromatic rings. The van der Waals surface area contributed by atoms with Crippen LogP contribution in [0.25, 0.3) is 0 Å². The molecule has 1 atom stereocenters. The number of hydrogen-bond acceptors (Lipinski definition) is 4. The lowest BCUT2D eigenvalue weighted by Crippen LogP contribution is -2.53. The van der Waals surface area contributed by atoms with E-state index in [9.17, 15) is 14.7 Å². The van der Waals surface area contributed by atoms with Crippen LogP contribution in [0.5, 0.6) is 5.75 Å². The molecule has 1 heterocycles. The van der Waals surface area contributed by atoms with E-state index in [4.69, 9.17) is 16.3 Å². The Morgan fingerprint density at radius 1 is 1.15 bits per heavy atom. The molecule has 0 spiro atoms. The van der Waals surface area contributed by atoms with Gasteiger partial charge in [0, 0.05) is 23.7 Å². The molecular formula is C19H19ClN2O4. The first-order chi connectivity index (χ1) is 12.5. The monoisotopic (exact) mass is 374 g/mol. The molecule has 136 valence electrons. The summed E-state index contributed by atoms with van der Waals surface area (Å²) >= 11 is 6.05. The van der Waals surface area contributed by atoms with Crippen LogP contribution in [0, 0.1) is 0 Å². The number of carbonyl (C=O) groups excluding carboxylic acids is 2. The van der Waals surface area contributed by atoms with Crippen LogP contribution in [-0.2, 0) is 9.59 Å². The molecular weight excluding hydrogens is 356 g/mol. The van der Waals surface area contributed by atoms with Crippen LogP contribution in [0.2, 0.25) is 5.02 Å². The van der Waals surface area contributed by atoms with Crippen molar-refractivity contribution in [3.05, 3.63) is 59.1 Å². The lowest BCUT2D eigenvalue weighted by molar-refractivity contribution is -0.144. The normalized spacial score (nSPS) is 15.7. The predicted molar refractivity (Wildman–Crippen MR) is 98.3 cm³/mol. The van der Waals surface area contributed by atoms with Crippen molar-refractivity contribution in [3.63, 3.8) is 0 Å². The minimum absolute atomic E-state index is 0.113. The Morgan fingerprint density at radius 2 is 1.85 bits per heavy atom. The molecule has 7 heteroatoms. The zero-order chi connectivity index (χ0) is 18.7. The number of methoxy groups -OCH3 is 1. The van der Waals surface area contributed by atoms with E-state index in [1.165, 1.54) is 4.90 Å². The molecule has 3 rings (SSSR count). The first kappa shape index (κ1) is 18.2. The van der Waals surface area contributed by atoms with Crippen LogP contribution in [0.4, 0.5) is 5.69 Å². The standard InChI is InChI=1S/C19H19ClN2O4/c1-26-16-9-5-4-8-15(16)22-11-10-21(12-17(22)23)19(25)18(24)13-6-2-3-7-14(13)20/h2-9,18,24H,10-12H2,1H3/t18-/m1/s1. The van der Waals surface area contributed by atoms with E-state index in [-0.39, 0.29) is 12.5 Å². The molecule has 0 aromatic heterocycles. The molecule has 1 saturated heterocycles. The van der Waals surface area contributed by atoms with Crippen LogP contribution in [0.1, 0.15) is 11.7 Å². The highest BCUT2D eigenvalue weighted by atomic mass is 35.5. The summed E-state index contributed by atoms with van der Waals surface area (Å²) in [6.45, 7) is 0.517. The molecule has 1 aliphatic rings. The van der Waals surface area contributed by atoms with Gasteiger partial charge in [-0.15, -0.1) is 0 Å². The Labute approximate surface area is 156 Å². The maximum atomic E-state index is 12.6. The fourth-order valence-corrected chi connectivity index (χ4v) is 3.21. The summed E-state index contributed by atoms with van der Waals surface area (Å²) in [5, 5.41) is 10.7. The second-order valence-electron chi connectivity index (χ2n) is 5.90. The van der Waals surface area contributed by atoms with Gasteiger partial charge in [-0.3, -0.25) is 9.59 Å². The van der Waals surface area contributed by atoms with E-state index in [0.717, 1.165) is 0 Å². The summed E-state index contributed by atoms with van der Waals surface area (Å²) in [4.78, 5) is 28.1. The van der Waals surface area contributed by atoms with Gasteiger partial charge in [0.15, 0.2) is 6.10 Å². The van der Waals surface area contributed by atoms with Gasteiger partial charge in [0.05, 0.1) is 12.8 Å². The smallest absolute Gasteiger partial charge is 0.256 e. The maximum absolute atomic E-state index is 12.6. The summed E-state index contributed by atoms with van der Waals surface area (Å²) in [7, 11) is 1.54. The van der Waals surface area contributed by atoms with E-state index in [0.29, 0.717) is 35.1 Å². The zero-order valence-corrected chi connectivity index (χ0v) is 15.0. The third-order valence-corrected chi connectivity index (χ3v) is 4.69. The third kappa shape index (κ3) is 3.52. The molecule has 0 bridgehead atoms. The lowest BCUT2D eigenvalue weighted by Gasteiger charge is -2.35. The van der Waals surface area contributed by atoms with Crippen molar-refractivity contribution in [2.75, 3.05) is 31.6 Å². The summed E-state index contributed by atoms with van der Waals surface area (Å²) in [5.74, 6) is -0.177. The summed E-state index contributed by atoms with van der Waals surface area (Å²) < 4.78 is 5.30. The van der Waals surface area contributed by atoms with Crippen molar-refractivity contribution >= 4 is 29.1 Å². The maximum Gasteiger partial charge on any atom is 0.256 e. The number of aliphatic hydroxyl groups is 1. The highest BCUT2D eigenvalue weighted by Crippen LogP contribution is 2.30. The molecule has 0 saturated carbocycles. The largest absolute Gasteiger partial charge is 0.495 e. The molecule has 0 radical (unpaired) electrons. The number of halogens is 1. The van der Waals surface area contributed by atoms with Crippen molar-refractivity contribution in [1.82, 2.24) is 4.90 Å². The molecule has 1 fully saturated rings. The van der Waals surface area contributed by atoms with Gasteiger partial charge in [0.2, 0.25) is 5.91 Å². The molecule has 1 aliphatic heterocycles. The van der Waals surface area contributed by atoms with Gasteiger partial charge in [-0.05, 0) is 18.2 Å². The molecule has 0 unspecified atom stereocenters. The number of piperazine rings is 1. The molecule has 6 nitrogen and oxygen atoms in total. The number of ether oxygens (including phenoxy) is 1. The van der Waals surface area contributed by atoms with Crippen LogP contribution in [0.15, 0.2) is 48.5 Å². The van der Waals surface area contributed by atoms with Gasteiger partial charge in [0.1, 0.15) is 12.3 Å².